The third-order valence-electron chi connectivity index (χ3n) is 2.39. The van der Waals surface area contributed by atoms with Crippen molar-refractivity contribution < 1.29 is 9.21 Å². The lowest BCUT2D eigenvalue weighted by Gasteiger charge is -2.12. The van der Waals surface area contributed by atoms with Crippen LogP contribution in [-0.2, 0) is 6.42 Å². The number of fused-ring (bicyclic) bond motifs is 1. The summed E-state index contributed by atoms with van der Waals surface area (Å²) in [4.78, 5) is 11.6. The number of carbonyl (C=O) groups is 1. The highest BCUT2D eigenvalue weighted by Crippen LogP contribution is 2.37. The maximum absolute atomic E-state index is 11.6. The Morgan fingerprint density at radius 2 is 2.17 bits per heavy atom. The van der Waals surface area contributed by atoms with Gasteiger partial charge in [0.1, 0.15) is 5.76 Å². The first-order valence-electron chi connectivity index (χ1n) is 4.15. The minimum Gasteiger partial charge on any atom is -0.458 e. The minimum atomic E-state index is -0.248. The quantitative estimate of drug-likeness (QED) is 0.589. The molecule has 0 amide bonds. The van der Waals surface area contributed by atoms with E-state index in [1.54, 1.807) is 0 Å². The van der Waals surface area contributed by atoms with E-state index in [1.165, 1.54) is 0 Å². The second-order valence-electron chi connectivity index (χ2n) is 4.10. The molecule has 64 valence electrons. The molecule has 0 radical (unpaired) electrons. The molecule has 0 aliphatic heterocycles. The number of ketones is 1. The topological polar surface area (TPSA) is 30.2 Å². The van der Waals surface area contributed by atoms with Crippen molar-refractivity contribution in [3.05, 3.63) is 23.2 Å². The summed E-state index contributed by atoms with van der Waals surface area (Å²) in [6.45, 7) is 5.79. The highest BCUT2D eigenvalue weighted by molar-refractivity contribution is 6.02. The van der Waals surface area contributed by atoms with Crippen LogP contribution in [0.3, 0.4) is 0 Å². The second-order valence-corrected chi connectivity index (χ2v) is 4.10. The van der Waals surface area contributed by atoms with Gasteiger partial charge in [-0.15, -0.1) is 0 Å². The number of hydrogen-bond acceptors (Lipinski definition) is 2. The number of furan rings is 1. The molecule has 0 fully saturated rings. The van der Waals surface area contributed by atoms with E-state index in [2.05, 4.69) is 0 Å². The van der Waals surface area contributed by atoms with E-state index >= 15 is 0 Å². The van der Waals surface area contributed by atoms with Crippen LogP contribution in [0.5, 0.6) is 0 Å². The van der Waals surface area contributed by atoms with Crippen molar-refractivity contribution in [2.75, 3.05) is 0 Å². The predicted molar refractivity (Wildman–Crippen MR) is 45.3 cm³/mol. The fourth-order valence-corrected chi connectivity index (χ4v) is 1.75. The molecule has 0 saturated carbocycles. The van der Waals surface area contributed by atoms with Gasteiger partial charge in [0.15, 0.2) is 5.76 Å². The average Bonchev–Trinajstić information content (AvgIpc) is 2.35. The summed E-state index contributed by atoms with van der Waals surface area (Å²) in [7, 11) is 0. The summed E-state index contributed by atoms with van der Waals surface area (Å²) in [6, 6.07) is 1.96. The highest BCUT2D eigenvalue weighted by Gasteiger charge is 2.40. The standard InChI is InChI=1S/C10H12O2/c1-6-4-7-5-10(2,3)9(11)8(7)12-6/h4H,5H2,1-3H3. The van der Waals surface area contributed by atoms with Crippen LogP contribution in [0.2, 0.25) is 0 Å². The first-order valence-corrected chi connectivity index (χ1v) is 4.15. The lowest BCUT2D eigenvalue weighted by atomic mass is 9.89. The lowest BCUT2D eigenvalue weighted by Crippen LogP contribution is -2.19. The molecule has 0 unspecified atom stereocenters. The molecule has 2 rings (SSSR count). The molecule has 1 aliphatic carbocycles. The zero-order valence-electron chi connectivity index (χ0n) is 7.60. The first kappa shape index (κ1) is 7.59. The van der Waals surface area contributed by atoms with Gasteiger partial charge in [-0.25, -0.2) is 0 Å². The summed E-state index contributed by atoms with van der Waals surface area (Å²) in [5.41, 5.74) is 0.824. The number of carbonyl (C=O) groups excluding carboxylic acids is 1. The van der Waals surface area contributed by atoms with E-state index in [1.807, 2.05) is 26.8 Å². The SMILES string of the molecule is Cc1cc2c(o1)C(=O)C(C)(C)C2. The molecule has 1 aliphatic rings. The molecule has 0 spiro atoms. The van der Waals surface area contributed by atoms with Crippen molar-refractivity contribution in [2.45, 2.75) is 27.2 Å². The smallest absolute Gasteiger partial charge is 0.204 e. The van der Waals surface area contributed by atoms with Crippen LogP contribution in [0.15, 0.2) is 10.5 Å². The second kappa shape index (κ2) is 2.00. The molecule has 0 saturated heterocycles. The zero-order valence-corrected chi connectivity index (χ0v) is 7.60. The maximum Gasteiger partial charge on any atom is 0.204 e. The van der Waals surface area contributed by atoms with Crippen molar-refractivity contribution >= 4 is 5.78 Å². The first-order chi connectivity index (χ1) is 5.50. The summed E-state index contributed by atoms with van der Waals surface area (Å²) >= 11 is 0. The zero-order chi connectivity index (χ0) is 8.93. The van der Waals surface area contributed by atoms with Gasteiger partial charge in [0.2, 0.25) is 5.78 Å². The van der Waals surface area contributed by atoms with Crippen LogP contribution in [0.1, 0.15) is 35.7 Å². The van der Waals surface area contributed by atoms with E-state index in [4.69, 9.17) is 4.42 Å². The Morgan fingerprint density at radius 3 is 2.75 bits per heavy atom. The average molecular weight is 164 g/mol. The van der Waals surface area contributed by atoms with Crippen molar-refractivity contribution in [3.63, 3.8) is 0 Å². The van der Waals surface area contributed by atoms with Crippen LogP contribution in [0.25, 0.3) is 0 Å². The molecule has 2 nitrogen and oxygen atoms in total. The largest absolute Gasteiger partial charge is 0.458 e. The van der Waals surface area contributed by atoms with E-state index < -0.39 is 0 Å². The number of aryl methyl sites for hydroxylation is 1. The Labute approximate surface area is 71.6 Å². The van der Waals surface area contributed by atoms with Crippen LogP contribution >= 0.6 is 0 Å². The van der Waals surface area contributed by atoms with Crippen molar-refractivity contribution in [1.82, 2.24) is 0 Å². The number of hydrogen-bond donors (Lipinski definition) is 0. The van der Waals surface area contributed by atoms with Gasteiger partial charge in [0.25, 0.3) is 0 Å². The van der Waals surface area contributed by atoms with E-state index in [0.717, 1.165) is 17.7 Å². The van der Waals surface area contributed by atoms with Gasteiger partial charge in [-0.05, 0) is 19.4 Å². The van der Waals surface area contributed by atoms with Crippen molar-refractivity contribution in [1.29, 1.82) is 0 Å². The van der Waals surface area contributed by atoms with Gasteiger partial charge in [-0.2, -0.15) is 0 Å². The Morgan fingerprint density at radius 1 is 1.50 bits per heavy atom. The molecular weight excluding hydrogens is 152 g/mol. The fourth-order valence-electron chi connectivity index (χ4n) is 1.75. The van der Waals surface area contributed by atoms with Gasteiger partial charge < -0.3 is 4.42 Å². The third kappa shape index (κ3) is 0.840. The normalized spacial score (nSPS) is 19.8. The molecule has 0 bridgehead atoms. The predicted octanol–water partition coefficient (Wildman–Crippen LogP) is 2.35. The lowest BCUT2D eigenvalue weighted by molar-refractivity contribution is 0.0836. The summed E-state index contributed by atoms with van der Waals surface area (Å²) in [5.74, 6) is 1.56. The van der Waals surface area contributed by atoms with E-state index in [9.17, 15) is 4.79 Å². The molecule has 1 aromatic rings. The van der Waals surface area contributed by atoms with Gasteiger partial charge in [0.05, 0.1) is 0 Å². The minimum absolute atomic E-state index is 0.144. The van der Waals surface area contributed by atoms with Crippen LogP contribution in [0.4, 0.5) is 0 Å². The molecular formula is C10H12O2. The molecule has 1 aromatic heterocycles. The van der Waals surface area contributed by atoms with Gasteiger partial charge >= 0.3 is 0 Å². The Balaban J connectivity index is 2.53. The van der Waals surface area contributed by atoms with Crippen molar-refractivity contribution in [3.8, 4) is 0 Å². The van der Waals surface area contributed by atoms with Gasteiger partial charge in [-0.3, -0.25) is 4.79 Å². The Kier molecular flexibility index (Phi) is 1.27. The van der Waals surface area contributed by atoms with Crippen molar-refractivity contribution in [2.24, 2.45) is 5.41 Å². The number of rotatable bonds is 0. The fraction of sp³-hybridized carbons (Fsp3) is 0.500. The highest BCUT2D eigenvalue weighted by atomic mass is 16.3. The van der Waals surface area contributed by atoms with Gasteiger partial charge in [-0.1, -0.05) is 13.8 Å². The summed E-state index contributed by atoms with van der Waals surface area (Å²) < 4.78 is 5.32. The van der Waals surface area contributed by atoms with Gasteiger partial charge in [0, 0.05) is 11.0 Å². The van der Waals surface area contributed by atoms with E-state index in [-0.39, 0.29) is 11.2 Å². The summed E-state index contributed by atoms with van der Waals surface area (Å²) in [6.07, 6.45) is 0.818. The maximum atomic E-state index is 11.6. The molecule has 0 aromatic carbocycles. The Hall–Kier alpha value is -1.05. The third-order valence-corrected chi connectivity index (χ3v) is 2.39. The molecule has 0 atom stereocenters. The number of Topliss-reactive ketones (excluding diaryl/α,β-unsaturated/α-hetero) is 1. The molecule has 1 heterocycles. The van der Waals surface area contributed by atoms with Crippen LogP contribution in [-0.4, -0.2) is 5.78 Å². The van der Waals surface area contributed by atoms with E-state index in [0.29, 0.717) is 5.76 Å². The monoisotopic (exact) mass is 164 g/mol. The Bertz CT molecular complexity index is 345. The van der Waals surface area contributed by atoms with Crippen LogP contribution < -0.4 is 0 Å². The summed E-state index contributed by atoms with van der Waals surface area (Å²) in [5, 5.41) is 0. The molecule has 12 heavy (non-hydrogen) atoms. The van der Waals surface area contributed by atoms with Crippen LogP contribution in [0, 0.1) is 12.3 Å². The molecule has 0 N–H and O–H groups in total. The molecule has 2 heteroatoms.